The summed E-state index contributed by atoms with van der Waals surface area (Å²) in [6.07, 6.45) is -0.445. The maximum atomic E-state index is 15.8. The second-order valence-electron chi connectivity index (χ2n) is 13.2. The van der Waals surface area contributed by atoms with E-state index in [0.29, 0.717) is 26.0 Å². The number of carbonyl (C=O) groups excluding carboxylic acids is 4. The second kappa shape index (κ2) is 16.3. The first-order valence-electron chi connectivity index (χ1n) is 17.8. The molecule has 0 unspecified atom stereocenters. The molecule has 3 heterocycles. The van der Waals surface area contributed by atoms with Gasteiger partial charge in [-0.05, 0) is 75.2 Å². The van der Waals surface area contributed by atoms with Crippen LogP contribution >= 0.6 is 22.6 Å². The monoisotopic (exact) mass is 858 g/mol. The third kappa shape index (κ3) is 6.68. The fourth-order valence-corrected chi connectivity index (χ4v) is 8.76. The van der Waals surface area contributed by atoms with Gasteiger partial charge in [0.15, 0.2) is 0 Å². The van der Waals surface area contributed by atoms with Crippen molar-refractivity contribution >= 4 is 52.2 Å². The van der Waals surface area contributed by atoms with Crippen LogP contribution in [0.25, 0.3) is 0 Å². The summed E-state index contributed by atoms with van der Waals surface area (Å²) in [6, 6.07) is 27.6. The lowest BCUT2D eigenvalue weighted by Crippen LogP contribution is -2.53. The third-order valence-corrected chi connectivity index (χ3v) is 10.9. The third-order valence-electron chi connectivity index (χ3n) is 10.2. The number of ether oxygens (including phenoxy) is 5. The van der Waals surface area contributed by atoms with E-state index in [-0.39, 0.29) is 38.7 Å². The van der Waals surface area contributed by atoms with E-state index in [2.05, 4.69) is 29.2 Å². The molecule has 0 aromatic heterocycles. The van der Waals surface area contributed by atoms with Crippen molar-refractivity contribution in [3.05, 3.63) is 142 Å². The van der Waals surface area contributed by atoms with Crippen molar-refractivity contribution in [1.82, 2.24) is 4.90 Å². The maximum absolute atomic E-state index is 15.8. The number of aliphatic hydroxyl groups excluding tert-OH is 1. The lowest BCUT2D eigenvalue weighted by Gasteiger charge is -2.46. The molecular formula is C42H39IN2O10. The zero-order chi connectivity index (χ0) is 38.7. The van der Waals surface area contributed by atoms with Crippen LogP contribution in [0.4, 0.5) is 10.5 Å². The molecule has 0 saturated carbocycles. The van der Waals surface area contributed by atoms with Gasteiger partial charge in [-0.2, -0.15) is 0 Å². The highest BCUT2D eigenvalue weighted by atomic mass is 127. The molecule has 2 saturated heterocycles. The highest BCUT2D eigenvalue weighted by Crippen LogP contribution is 2.66. The molecule has 12 nitrogen and oxygen atoms in total. The van der Waals surface area contributed by atoms with Crippen LogP contribution < -0.4 is 9.64 Å². The molecule has 0 radical (unpaired) electrons. The van der Waals surface area contributed by atoms with E-state index in [0.717, 1.165) is 10.5 Å². The number of anilines is 1. The van der Waals surface area contributed by atoms with Crippen molar-refractivity contribution < 1.29 is 48.0 Å². The SMILES string of the molecule is C=CCOC(=O)[C@@H]1[C@H]2C(=O)O[C@H](c3ccccc3)[C@H](c3ccccc3)N2[C@H](c2cccc(OCCO)c2)[C@@]12C(=O)N(C(=O)OCCOC)c1ccc(I)cc12. The Hall–Kier alpha value is -5.09. The quantitative estimate of drug-likeness (QED) is 0.0605. The molecule has 6 atom stereocenters. The Kier molecular flexibility index (Phi) is 11.3. The Morgan fingerprint density at radius 1 is 0.873 bits per heavy atom. The molecule has 4 aromatic carbocycles. The summed E-state index contributed by atoms with van der Waals surface area (Å²) in [7, 11) is 1.46. The van der Waals surface area contributed by atoms with E-state index >= 15 is 4.79 Å². The van der Waals surface area contributed by atoms with E-state index in [1.807, 2.05) is 65.6 Å². The van der Waals surface area contributed by atoms with E-state index in [9.17, 15) is 19.5 Å². The Morgan fingerprint density at radius 2 is 1.58 bits per heavy atom. The number of cyclic esters (lactones) is 1. The summed E-state index contributed by atoms with van der Waals surface area (Å²) in [5.41, 5.74) is 0.541. The van der Waals surface area contributed by atoms with E-state index in [1.54, 1.807) is 42.5 Å². The zero-order valence-corrected chi connectivity index (χ0v) is 32.1. The topological polar surface area (TPSA) is 141 Å². The number of carbonyl (C=O) groups is 4. The number of benzene rings is 4. The Morgan fingerprint density at radius 3 is 2.27 bits per heavy atom. The molecule has 13 heteroatoms. The number of imide groups is 1. The summed E-state index contributed by atoms with van der Waals surface area (Å²) in [4.78, 5) is 62.3. The molecule has 7 rings (SSSR count). The van der Waals surface area contributed by atoms with Gasteiger partial charge < -0.3 is 28.8 Å². The van der Waals surface area contributed by atoms with Gasteiger partial charge in [-0.15, -0.1) is 0 Å². The molecule has 2 amide bonds. The zero-order valence-electron chi connectivity index (χ0n) is 29.9. The fraction of sp³-hybridized carbons (Fsp3) is 0.286. The lowest BCUT2D eigenvalue weighted by atomic mass is 9.65. The number of hydrogen-bond acceptors (Lipinski definition) is 11. The van der Waals surface area contributed by atoms with Crippen molar-refractivity contribution in [3.63, 3.8) is 0 Å². The number of aliphatic hydroxyl groups is 1. The maximum Gasteiger partial charge on any atom is 0.421 e. The summed E-state index contributed by atoms with van der Waals surface area (Å²) >= 11 is 2.12. The number of rotatable bonds is 12. The Balaban J connectivity index is 1.57. The number of amides is 2. The van der Waals surface area contributed by atoms with Crippen molar-refractivity contribution in [2.24, 2.45) is 5.92 Å². The number of nitrogens with zero attached hydrogens (tertiary/aromatic N) is 2. The van der Waals surface area contributed by atoms with E-state index < -0.39 is 59.5 Å². The molecule has 3 aliphatic rings. The molecule has 0 aliphatic carbocycles. The number of hydrogen-bond donors (Lipinski definition) is 1. The molecule has 55 heavy (non-hydrogen) atoms. The summed E-state index contributed by atoms with van der Waals surface area (Å²) in [6.45, 7) is 3.21. The normalized spacial score (nSPS) is 24.2. The predicted molar refractivity (Wildman–Crippen MR) is 208 cm³/mol. The van der Waals surface area contributed by atoms with Gasteiger partial charge in [0.05, 0.1) is 31.0 Å². The van der Waals surface area contributed by atoms with Gasteiger partial charge in [-0.3, -0.25) is 19.3 Å². The molecule has 0 bridgehead atoms. The van der Waals surface area contributed by atoms with Crippen LogP contribution in [0.3, 0.4) is 0 Å². The van der Waals surface area contributed by atoms with E-state index in [4.69, 9.17) is 23.7 Å². The number of fused-ring (bicyclic) bond motifs is 3. The molecule has 1 spiro atoms. The average molecular weight is 859 g/mol. The van der Waals surface area contributed by atoms with Crippen LogP contribution in [-0.2, 0) is 38.7 Å². The molecule has 4 aromatic rings. The lowest BCUT2D eigenvalue weighted by molar-refractivity contribution is -0.180. The molecule has 3 aliphatic heterocycles. The fourth-order valence-electron chi connectivity index (χ4n) is 8.27. The van der Waals surface area contributed by atoms with Crippen molar-refractivity contribution in [1.29, 1.82) is 0 Å². The van der Waals surface area contributed by atoms with Gasteiger partial charge in [0, 0.05) is 10.7 Å². The van der Waals surface area contributed by atoms with E-state index in [1.165, 1.54) is 13.2 Å². The van der Waals surface area contributed by atoms with Crippen LogP contribution in [0, 0.1) is 9.49 Å². The van der Waals surface area contributed by atoms with Crippen molar-refractivity contribution in [2.45, 2.75) is 29.6 Å². The summed E-state index contributed by atoms with van der Waals surface area (Å²) in [5.74, 6) is -3.51. The smallest absolute Gasteiger partial charge is 0.421 e. The number of methoxy groups -OCH3 is 1. The standard InChI is InChI=1S/C42H39IN2O10/c1-3-20-53-38(47)33-35-39(48)55-36(27-13-8-5-9-14-27)34(26-11-6-4-7-12-26)45(35)37(28-15-10-16-30(24-28)52-21-19-46)42(33)31-25-29(43)17-18-32(31)44(40(42)49)41(50)54-23-22-51-2/h3-18,24-25,33-37,46H,1,19-23H2,2H3/t33-,34-,35-,36+,37+,42-/m0/s1. The van der Waals surface area contributed by atoms with Gasteiger partial charge in [0.25, 0.3) is 0 Å². The summed E-state index contributed by atoms with van der Waals surface area (Å²) in [5, 5.41) is 9.61. The van der Waals surface area contributed by atoms with Crippen LogP contribution in [-0.4, -0.2) is 80.1 Å². The predicted octanol–water partition coefficient (Wildman–Crippen LogP) is 5.84. The van der Waals surface area contributed by atoms with Gasteiger partial charge in [-0.25, -0.2) is 9.69 Å². The van der Waals surface area contributed by atoms with Crippen LogP contribution in [0.2, 0.25) is 0 Å². The van der Waals surface area contributed by atoms with Gasteiger partial charge in [0.1, 0.15) is 49.0 Å². The largest absolute Gasteiger partial charge is 0.491 e. The molecule has 2 fully saturated rings. The number of halogens is 1. The second-order valence-corrected chi connectivity index (χ2v) is 14.5. The number of morpholine rings is 1. The van der Waals surface area contributed by atoms with Gasteiger partial charge in [0.2, 0.25) is 5.91 Å². The Bertz CT molecular complexity index is 2080. The highest BCUT2D eigenvalue weighted by Gasteiger charge is 2.76. The Labute approximate surface area is 331 Å². The summed E-state index contributed by atoms with van der Waals surface area (Å²) < 4.78 is 29.4. The first-order valence-corrected chi connectivity index (χ1v) is 18.8. The minimum atomic E-state index is -1.97. The van der Waals surface area contributed by atoms with Gasteiger partial charge >= 0.3 is 18.0 Å². The molecular weight excluding hydrogens is 819 g/mol. The van der Waals surface area contributed by atoms with Crippen LogP contribution in [0.1, 0.15) is 40.4 Å². The minimum Gasteiger partial charge on any atom is -0.491 e. The van der Waals surface area contributed by atoms with Crippen molar-refractivity contribution in [2.75, 3.05) is 45.0 Å². The first kappa shape index (κ1) is 38.2. The van der Waals surface area contributed by atoms with Crippen molar-refractivity contribution in [3.8, 4) is 5.75 Å². The number of esters is 2. The van der Waals surface area contributed by atoms with Crippen LogP contribution in [0.15, 0.2) is 116 Å². The minimum absolute atomic E-state index is 0.00178. The molecule has 284 valence electrons. The average Bonchev–Trinajstić information content (AvgIpc) is 3.66. The van der Waals surface area contributed by atoms with Gasteiger partial charge in [-0.1, -0.05) is 85.5 Å². The highest BCUT2D eigenvalue weighted by molar-refractivity contribution is 14.1. The molecule has 1 N–H and O–H groups in total. The van der Waals surface area contributed by atoms with Crippen LogP contribution in [0.5, 0.6) is 5.75 Å². The first-order chi connectivity index (χ1) is 26.8.